The van der Waals surface area contributed by atoms with Gasteiger partial charge in [-0.25, -0.2) is 0 Å². The van der Waals surface area contributed by atoms with Gasteiger partial charge in [-0.3, -0.25) is 9.69 Å². The fourth-order valence-electron chi connectivity index (χ4n) is 3.36. The van der Waals surface area contributed by atoms with E-state index in [-0.39, 0.29) is 11.9 Å². The van der Waals surface area contributed by atoms with Crippen molar-refractivity contribution in [3.05, 3.63) is 58.6 Å². The molecule has 1 saturated heterocycles. The Morgan fingerprint density at radius 2 is 1.96 bits per heavy atom. The first-order chi connectivity index (χ1) is 13.1. The summed E-state index contributed by atoms with van der Waals surface area (Å²) < 4.78 is 5.56. The molecule has 1 aliphatic heterocycles. The number of nitrogens with zero attached hydrogens (tertiary/aromatic N) is 1. The van der Waals surface area contributed by atoms with Gasteiger partial charge >= 0.3 is 0 Å². The fourth-order valence-corrected chi connectivity index (χ4v) is 3.53. The van der Waals surface area contributed by atoms with Crippen molar-refractivity contribution in [2.45, 2.75) is 32.4 Å². The summed E-state index contributed by atoms with van der Waals surface area (Å²) >= 11 is 6.10. The molecule has 27 heavy (non-hydrogen) atoms. The maximum absolute atomic E-state index is 12.7. The zero-order chi connectivity index (χ0) is 19.2. The molecule has 6 heteroatoms. The quantitative estimate of drug-likeness (QED) is 0.741. The molecule has 0 spiro atoms. The Hall–Kier alpha value is -2.24. The first-order valence-electron chi connectivity index (χ1n) is 9.35. The van der Waals surface area contributed by atoms with E-state index in [1.165, 1.54) is 5.56 Å². The Kier molecular flexibility index (Phi) is 6.58. The highest BCUT2D eigenvalue weighted by atomic mass is 35.5. The van der Waals surface area contributed by atoms with Gasteiger partial charge in [0, 0.05) is 31.7 Å². The molecule has 144 valence electrons. The van der Waals surface area contributed by atoms with E-state index in [1.54, 1.807) is 12.1 Å². The fraction of sp³-hybridized carbons (Fsp3) is 0.381. The number of nitrogen functional groups attached to an aromatic ring is 1. The van der Waals surface area contributed by atoms with Crippen molar-refractivity contribution in [2.75, 3.05) is 25.4 Å². The van der Waals surface area contributed by atoms with Gasteiger partial charge in [-0.2, -0.15) is 0 Å². The molecule has 3 rings (SSSR count). The Morgan fingerprint density at radius 3 is 2.63 bits per heavy atom. The van der Waals surface area contributed by atoms with Crippen LogP contribution in [0.1, 0.15) is 35.7 Å². The number of carbonyl (C=O) groups excluding carboxylic acids is 1. The number of benzene rings is 2. The number of likely N-dealkylation sites (tertiary alicyclic amines) is 1. The van der Waals surface area contributed by atoms with Gasteiger partial charge in [-0.15, -0.1) is 0 Å². The van der Waals surface area contributed by atoms with E-state index < -0.39 is 0 Å². The molecule has 1 fully saturated rings. The zero-order valence-electron chi connectivity index (χ0n) is 15.6. The third kappa shape index (κ3) is 5.15. The third-order valence-electron chi connectivity index (χ3n) is 4.82. The number of ether oxygens (including phenoxy) is 1. The molecule has 5 nitrogen and oxygen atoms in total. The van der Waals surface area contributed by atoms with Crippen LogP contribution in [0.5, 0.6) is 5.75 Å². The van der Waals surface area contributed by atoms with Crippen LogP contribution >= 0.6 is 11.6 Å². The lowest BCUT2D eigenvalue weighted by atomic mass is 10.0. The molecular formula is C21H26ClN3O2. The van der Waals surface area contributed by atoms with Gasteiger partial charge in [0.2, 0.25) is 0 Å². The van der Waals surface area contributed by atoms with Crippen LogP contribution in [0.2, 0.25) is 5.02 Å². The van der Waals surface area contributed by atoms with Gasteiger partial charge in [0.25, 0.3) is 5.91 Å². The second-order valence-electron chi connectivity index (χ2n) is 6.81. The van der Waals surface area contributed by atoms with Gasteiger partial charge in [0.15, 0.2) is 0 Å². The van der Waals surface area contributed by atoms with Crippen molar-refractivity contribution >= 4 is 23.2 Å². The van der Waals surface area contributed by atoms with Crippen LogP contribution < -0.4 is 15.8 Å². The van der Waals surface area contributed by atoms with Gasteiger partial charge in [-0.1, -0.05) is 41.9 Å². The predicted octanol–water partition coefficient (Wildman–Crippen LogP) is 3.72. The van der Waals surface area contributed by atoms with Crippen LogP contribution in [0, 0.1) is 0 Å². The number of amides is 1. The summed E-state index contributed by atoms with van der Waals surface area (Å²) in [6.07, 6.45) is 1.84. The number of nitrogens with two attached hydrogens (primary N) is 1. The number of nitrogens with one attached hydrogen (secondary N) is 1. The molecule has 0 aromatic heterocycles. The molecule has 1 amide bonds. The molecule has 0 atom stereocenters. The van der Waals surface area contributed by atoms with Crippen LogP contribution in [0.4, 0.5) is 5.69 Å². The molecule has 1 aliphatic rings. The zero-order valence-corrected chi connectivity index (χ0v) is 16.3. The molecule has 2 aromatic rings. The molecule has 1 heterocycles. The number of hydrogen-bond acceptors (Lipinski definition) is 4. The average molecular weight is 388 g/mol. The number of anilines is 1. The summed E-state index contributed by atoms with van der Waals surface area (Å²) in [4.78, 5) is 15.2. The van der Waals surface area contributed by atoms with Crippen molar-refractivity contribution in [3.8, 4) is 5.75 Å². The van der Waals surface area contributed by atoms with E-state index in [4.69, 9.17) is 22.1 Å². The van der Waals surface area contributed by atoms with Gasteiger partial charge in [0.05, 0.1) is 22.9 Å². The van der Waals surface area contributed by atoms with Crippen molar-refractivity contribution in [1.82, 2.24) is 10.2 Å². The second-order valence-corrected chi connectivity index (χ2v) is 7.22. The van der Waals surface area contributed by atoms with Gasteiger partial charge in [0.1, 0.15) is 5.75 Å². The van der Waals surface area contributed by atoms with Crippen LogP contribution in [-0.4, -0.2) is 36.5 Å². The summed E-state index contributed by atoms with van der Waals surface area (Å²) in [5.74, 6) is 0.306. The van der Waals surface area contributed by atoms with Crippen LogP contribution in [0.15, 0.2) is 42.5 Å². The average Bonchev–Trinajstić information content (AvgIpc) is 2.67. The second kappa shape index (κ2) is 9.11. The lowest BCUT2D eigenvalue weighted by Gasteiger charge is -2.32. The molecular weight excluding hydrogens is 362 g/mol. The Bertz CT molecular complexity index is 774. The first-order valence-corrected chi connectivity index (χ1v) is 9.73. The number of rotatable bonds is 6. The minimum Gasteiger partial charge on any atom is -0.493 e. The normalized spacial score (nSPS) is 15.5. The summed E-state index contributed by atoms with van der Waals surface area (Å²) in [5.41, 5.74) is 7.99. The molecule has 0 unspecified atom stereocenters. The van der Waals surface area contributed by atoms with E-state index >= 15 is 0 Å². The minimum atomic E-state index is -0.165. The first kappa shape index (κ1) is 19.5. The molecule has 0 saturated carbocycles. The minimum absolute atomic E-state index is 0.148. The Labute approximate surface area is 165 Å². The smallest absolute Gasteiger partial charge is 0.255 e. The van der Waals surface area contributed by atoms with E-state index in [0.717, 1.165) is 32.5 Å². The number of carbonyl (C=O) groups is 1. The predicted molar refractivity (Wildman–Crippen MR) is 109 cm³/mol. The van der Waals surface area contributed by atoms with E-state index in [0.29, 0.717) is 28.6 Å². The van der Waals surface area contributed by atoms with Gasteiger partial charge < -0.3 is 15.8 Å². The highest BCUT2D eigenvalue weighted by molar-refractivity contribution is 6.33. The maximum atomic E-state index is 12.7. The van der Waals surface area contributed by atoms with Crippen molar-refractivity contribution in [2.24, 2.45) is 0 Å². The number of hydrogen-bond donors (Lipinski definition) is 2. The number of piperidine rings is 1. The van der Waals surface area contributed by atoms with E-state index in [9.17, 15) is 4.79 Å². The number of halogens is 1. The largest absolute Gasteiger partial charge is 0.493 e. The SMILES string of the molecule is CCOc1cc(N)c(Cl)cc1C(=O)NC1CCN(Cc2ccccc2)CC1. The molecule has 3 N–H and O–H groups in total. The Morgan fingerprint density at radius 1 is 1.26 bits per heavy atom. The van der Waals surface area contributed by atoms with Crippen LogP contribution in [0.3, 0.4) is 0 Å². The highest BCUT2D eigenvalue weighted by Crippen LogP contribution is 2.29. The summed E-state index contributed by atoms with van der Waals surface area (Å²) in [5, 5.41) is 3.48. The lowest BCUT2D eigenvalue weighted by molar-refractivity contribution is 0.0905. The van der Waals surface area contributed by atoms with Crippen molar-refractivity contribution < 1.29 is 9.53 Å². The lowest BCUT2D eigenvalue weighted by Crippen LogP contribution is -2.44. The molecule has 0 bridgehead atoms. The molecule has 2 aromatic carbocycles. The highest BCUT2D eigenvalue weighted by Gasteiger charge is 2.23. The van der Waals surface area contributed by atoms with Gasteiger partial charge in [-0.05, 0) is 31.4 Å². The molecule has 0 radical (unpaired) electrons. The third-order valence-corrected chi connectivity index (χ3v) is 5.14. The standard InChI is InChI=1S/C21H26ClN3O2/c1-2-27-20-13-19(23)18(22)12-17(20)21(26)24-16-8-10-25(11-9-16)14-15-6-4-3-5-7-15/h3-7,12-13,16H,2,8-11,14,23H2,1H3,(H,24,26). The summed E-state index contributed by atoms with van der Waals surface area (Å²) in [6.45, 7) is 5.19. The van der Waals surface area contributed by atoms with Crippen LogP contribution in [-0.2, 0) is 6.54 Å². The van der Waals surface area contributed by atoms with E-state index in [2.05, 4.69) is 34.5 Å². The maximum Gasteiger partial charge on any atom is 0.255 e. The van der Waals surface area contributed by atoms with Crippen molar-refractivity contribution in [1.29, 1.82) is 0 Å². The topological polar surface area (TPSA) is 67.6 Å². The summed E-state index contributed by atoms with van der Waals surface area (Å²) in [7, 11) is 0. The van der Waals surface area contributed by atoms with E-state index in [1.807, 2.05) is 13.0 Å². The summed E-state index contributed by atoms with van der Waals surface area (Å²) in [6, 6.07) is 13.8. The Balaban J connectivity index is 1.57. The molecule has 0 aliphatic carbocycles. The van der Waals surface area contributed by atoms with Crippen molar-refractivity contribution in [3.63, 3.8) is 0 Å². The van der Waals surface area contributed by atoms with Crippen LogP contribution in [0.25, 0.3) is 0 Å². The monoisotopic (exact) mass is 387 g/mol.